The quantitative estimate of drug-likeness (QED) is 0.537. The second-order valence-electron chi connectivity index (χ2n) is 4.76. The number of benzene rings is 1. The Kier molecular flexibility index (Phi) is 7.58. The van der Waals surface area contributed by atoms with Crippen LogP contribution in [0.25, 0.3) is 0 Å². The van der Waals surface area contributed by atoms with E-state index in [1.807, 2.05) is 0 Å². The molecule has 20 heavy (non-hydrogen) atoms. The van der Waals surface area contributed by atoms with E-state index in [0.717, 1.165) is 18.4 Å². The minimum absolute atomic E-state index is 0.0198. The first-order chi connectivity index (χ1) is 9.56. The summed E-state index contributed by atoms with van der Waals surface area (Å²) in [7, 11) is 0. The number of halogens is 1. The molecule has 4 nitrogen and oxygen atoms in total. The van der Waals surface area contributed by atoms with Gasteiger partial charge in [-0.3, -0.25) is 4.79 Å². The van der Waals surface area contributed by atoms with E-state index in [1.54, 1.807) is 12.1 Å². The Bertz CT molecular complexity index is 413. The normalized spacial score (nSPS) is 13.8. The molecule has 0 fully saturated rings. The third-order valence-corrected chi connectivity index (χ3v) is 3.47. The van der Waals surface area contributed by atoms with E-state index in [9.17, 15) is 9.18 Å². The van der Waals surface area contributed by atoms with Gasteiger partial charge in [0.15, 0.2) is 0 Å². The molecule has 0 aliphatic heterocycles. The highest BCUT2D eigenvalue weighted by molar-refractivity contribution is 7.80. The zero-order valence-corrected chi connectivity index (χ0v) is 12.3. The van der Waals surface area contributed by atoms with Gasteiger partial charge in [0.2, 0.25) is 5.91 Å². The summed E-state index contributed by atoms with van der Waals surface area (Å²) in [6.45, 7) is 0.585. The fraction of sp³-hybridized carbons (Fsp3) is 0.500. The van der Waals surface area contributed by atoms with Crippen LogP contribution < -0.4 is 16.8 Å². The topological polar surface area (TPSA) is 81.1 Å². The van der Waals surface area contributed by atoms with Crippen LogP contribution in [0.1, 0.15) is 18.4 Å². The lowest BCUT2D eigenvalue weighted by Crippen LogP contribution is -2.47. The number of hydrogen-bond acceptors (Lipinski definition) is 4. The number of nitrogens with one attached hydrogen (secondary N) is 1. The molecule has 1 aromatic rings. The standard InChI is InChI=1S/C14H22FN3OS/c15-11-5-3-10(4-6-11)8-13(17)14(19)18-12(9-20)2-1-7-16/h3-6,12-13,20H,1-2,7-9,16-17H2,(H,18,19)/t12-,13-/m0/s1. The number of carbonyl (C=O) groups excluding carboxylic acids is 1. The summed E-state index contributed by atoms with van der Waals surface area (Å²) in [5.74, 6) is 0.0312. The summed E-state index contributed by atoms with van der Waals surface area (Å²) in [5.41, 5.74) is 12.1. The van der Waals surface area contributed by atoms with Gasteiger partial charge >= 0.3 is 0 Å². The lowest BCUT2D eigenvalue weighted by molar-refractivity contribution is -0.122. The van der Waals surface area contributed by atoms with E-state index in [0.29, 0.717) is 18.7 Å². The Balaban J connectivity index is 2.47. The van der Waals surface area contributed by atoms with Crippen molar-refractivity contribution in [1.29, 1.82) is 0 Å². The summed E-state index contributed by atoms with van der Waals surface area (Å²) in [6, 6.07) is 5.31. The highest BCUT2D eigenvalue weighted by Gasteiger charge is 2.17. The zero-order chi connectivity index (χ0) is 15.0. The second kappa shape index (κ2) is 8.94. The molecule has 0 saturated carbocycles. The van der Waals surface area contributed by atoms with Gasteiger partial charge in [0.1, 0.15) is 5.82 Å². The largest absolute Gasteiger partial charge is 0.351 e. The van der Waals surface area contributed by atoms with Crippen LogP contribution >= 0.6 is 12.6 Å². The van der Waals surface area contributed by atoms with Crippen molar-refractivity contribution in [3.8, 4) is 0 Å². The smallest absolute Gasteiger partial charge is 0.237 e. The Hall–Kier alpha value is -1.11. The summed E-state index contributed by atoms with van der Waals surface area (Å²) in [5, 5.41) is 2.86. The van der Waals surface area contributed by atoms with Crippen LogP contribution in [0.3, 0.4) is 0 Å². The maximum Gasteiger partial charge on any atom is 0.237 e. The molecule has 0 radical (unpaired) electrons. The molecule has 2 atom stereocenters. The minimum Gasteiger partial charge on any atom is -0.351 e. The lowest BCUT2D eigenvalue weighted by atomic mass is 10.1. The summed E-state index contributed by atoms with van der Waals surface area (Å²) < 4.78 is 12.8. The molecular weight excluding hydrogens is 277 g/mol. The predicted octanol–water partition coefficient (Wildman–Crippen LogP) is 0.849. The number of nitrogens with two attached hydrogens (primary N) is 2. The van der Waals surface area contributed by atoms with E-state index in [2.05, 4.69) is 17.9 Å². The molecule has 0 heterocycles. The van der Waals surface area contributed by atoms with E-state index in [-0.39, 0.29) is 17.8 Å². The maximum atomic E-state index is 12.8. The van der Waals surface area contributed by atoms with Gasteiger partial charge in [-0.25, -0.2) is 4.39 Å². The van der Waals surface area contributed by atoms with Gasteiger partial charge in [-0.05, 0) is 43.5 Å². The van der Waals surface area contributed by atoms with Gasteiger partial charge in [-0.1, -0.05) is 12.1 Å². The summed E-state index contributed by atoms with van der Waals surface area (Å²) in [6.07, 6.45) is 2.00. The van der Waals surface area contributed by atoms with Crippen LogP contribution in [0.4, 0.5) is 4.39 Å². The number of rotatable bonds is 8. The molecule has 0 saturated heterocycles. The van der Waals surface area contributed by atoms with Crippen molar-refractivity contribution in [2.75, 3.05) is 12.3 Å². The summed E-state index contributed by atoms with van der Waals surface area (Å²) in [4.78, 5) is 12.0. The van der Waals surface area contributed by atoms with Crippen LogP contribution in [0.2, 0.25) is 0 Å². The molecule has 0 spiro atoms. The van der Waals surface area contributed by atoms with Crippen molar-refractivity contribution in [1.82, 2.24) is 5.32 Å². The van der Waals surface area contributed by atoms with E-state index >= 15 is 0 Å². The third-order valence-electron chi connectivity index (χ3n) is 3.03. The SMILES string of the molecule is NCCC[C@@H](CS)NC(=O)[C@@H](N)Cc1ccc(F)cc1. The first-order valence-electron chi connectivity index (χ1n) is 6.68. The molecule has 0 aliphatic rings. The first-order valence-corrected chi connectivity index (χ1v) is 7.31. The average molecular weight is 299 g/mol. The van der Waals surface area contributed by atoms with Crippen LogP contribution in [0, 0.1) is 5.82 Å². The van der Waals surface area contributed by atoms with Crippen molar-refractivity contribution >= 4 is 18.5 Å². The van der Waals surface area contributed by atoms with E-state index < -0.39 is 6.04 Å². The Morgan fingerprint density at radius 3 is 2.55 bits per heavy atom. The third kappa shape index (κ3) is 5.90. The zero-order valence-electron chi connectivity index (χ0n) is 11.4. The van der Waals surface area contributed by atoms with Crippen LogP contribution in [-0.2, 0) is 11.2 Å². The molecule has 0 bridgehead atoms. The molecule has 1 amide bonds. The first kappa shape index (κ1) is 16.9. The van der Waals surface area contributed by atoms with Gasteiger partial charge in [0.05, 0.1) is 6.04 Å². The monoisotopic (exact) mass is 299 g/mol. The van der Waals surface area contributed by atoms with Crippen LogP contribution in [0.5, 0.6) is 0 Å². The Morgan fingerprint density at radius 1 is 1.35 bits per heavy atom. The minimum atomic E-state index is -0.652. The van der Waals surface area contributed by atoms with Crippen molar-refractivity contribution in [3.63, 3.8) is 0 Å². The van der Waals surface area contributed by atoms with Crippen molar-refractivity contribution in [2.24, 2.45) is 11.5 Å². The lowest BCUT2D eigenvalue weighted by Gasteiger charge is -2.19. The molecule has 0 unspecified atom stereocenters. The van der Waals surface area contributed by atoms with E-state index in [4.69, 9.17) is 11.5 Å². The molecule has 0 aliphatic carbocycles. The van der Waals surface area contributed by atoms with Gasteiger partial charge < -0.3 is 16.8 Å². The summed E-state index contributed by atoms with van der Waals surface area (Å²) >= 11 is 4.20. The number of carbonyl (C=O) groups is 1. The van der Waals surface area contributed by atoms with Crippen molar-refractivity contribution in [2.45, 2.75) is 31.3 Å². The number of thiol groups is 1. The molecule has 5 N–H and O–H groups in total. The second-order valence-corrected chi connectivity index (χ2v) is 5.12. The van der Waals surface area contributed by atoms with Crippen LogP contribution in [-0.4, -0.2) is 30.3 Å². The molecule has 112 valence electrons. The molecule has 6 heteroatoms. The molecular formula is C14H22FN3OS. The number of amides is 1. The molecule has 1 aromatic carbocycles. The van der Waals surface area contributed by atoms with Gasteiger partial charge in [0, 0.05) is 11.8 Å². The highest BCUT2D eigenvalue weighted by Crippen LogP contribution is 2.06. The van der Waals surface area contributed by atoms with Crippen molar-refractivity contribution in [3.05, 3.63) is 35.6 Å². The molecule has 1 rings (SSSR count). The fourth-order valence-corrected chi connectivity index (χ4v) is 2.12. The average Bonchev–Trinajstić information content (AvgIpc) is 2.45. The van der Waals surface area contributed by atoms with Crippen LogP contribution in [0.15, 0.2) is 24.3 Å². The van der Waals surface area contributed by atoms with Gasteiger partial charge in [-0.2, -0.15) is 12.6 Å². The Morgan fingerprint density at radius 2 is 2.00 bits per heavy atom. The molecule has 0 aromatic heterocycles. The fourth-order valence-electron chi connectivity index (χ4n) is 1.85. The maximum absolute atomic E-state index is 12.8. The van der Waals surface area contributed by atoms with Gasteiger partial charge in [-0.15, -0.1) is 0 Å². The highest BCUT2D eigenvalue weighted by atomic mass is 32.1. The van der Waals surface area contributed by atoms with E-state index in [1.165, 1.54) is 12.1 Å². The van der Waals surface area contributed by atoms with Crippen molar-refractivity contribution < 1.29 is 9.18 Å². The van der Waals surface area contributed by atoms with Gasteiger partial charge in [0.25, 0.3) is 0 Å². The Labute approximate surface area is 124 Å². The number of hydrogen-bond donors (Lipinski definition) is 4. The predicted molar refractivity (Wildman–Crippen MR) is 82.2 cm³/mol.